The molecule has 1 aromatic heterocycles. The van der Waals surface area contributed by atoms with Crippen molar-refractivity contribution in [2.24, 2.45) is 0 Å². The first-order valence-electron chi connectivity index (χ1n) is 17.6. The molecule has 50 heavy (non-hydrogen) atoms. The summed E-state index contributed by atoms with van der Waals surface area (Å²) in [6, 6.07) is 71.1. The van der Waals surface area contributed by atoms with E-state index >= 15 is 0 Å². The second kappa shape index (κ2) is 13.0. The van der Waals surface area contributed by atoms with Crippen LogP contribution in [0.3, 0.4) is 0 Å². The Labute approximate surface area is 293 Å². The average Bonchev–Trinajstić information content (AvgIpc) is 3.51. The maximum Gasteiger partial charge on any atom is 0.0547 e. The molecule has 9 rings (SSSR count). The van der Waals surface area contributed by atoms with Gasteiger partial charge in [0.15, 0.2) is 0 Å². The van der Waals surface area contributed by atoms with Crippen LogP contribution in [-0.2, 0) is 6.42 Å². The van der Waals surface area contributed by atoms with Crippen molar-refractivity contribution in [3.63, 3.8) is 0 Å². The van der Waals surface area contributed by atoms with Crippen molar-refractivity contribution in [3.8, 4) is 27.9 Å². The quantitative estimate of drug-likeness (QED) is 0.156. The van der Waals surface area contributed by atoms with Crippen LogP contribution in [0.4, 0.5) is 0 Å². The highest BCUT2D eigenvalue weighted by Crippen LogP contribution is 2.39. The highest BCUT2D eigenvalue weighted by molar-refractivity contribution is 6.13. The van der Waals surface area contributed by atoms with Crippen LogP contribution in [0, 0.1) is 0 Å². The molecule has 0 aliphatic heterocycles. The van der Waals surface area contributed by atoms with E-state index in [-0.39, 0.29) is 5.92 Å². The first-order valence-corrected chi connectivity index (χ1v) is 17.6. The minimum absolute atomic E-state index is 0.235. The molecule has 1 heterocycles. The molecule has 0 spiro atoms. The molecule has 0 saturated carbocycles. The zero-order valence-corrected chi connectivity index (χ0v) is 27.9. The summed E-state index contributed by atoms with van der Waals surface area (Å²) in [6.45, 7) is 0. The molecular weight excluding hydrogens is 603 g/mol. The second-order valence-corrected chi connectivity index (χ2v) is 13.3. The number of nitrogens with zero attached hydrogens (tertiary/aromatic N) is 1. The van der Waals surface area contributed by atoms with Crippen molar-refractivity contribution >= 4 is 32.6 Å². The fourth-order valence-electron chi connectivity index (χ4n) is 7.66. The van der Waals surface area contributed by atoms with Gasteiger partial charge < -0.3 is 4.57 Å². The summed E-state index contributed by atoms with van der Waals surface area (Å²) in [5.41, 5.74) is 12.7. The Kier molecular flexibility index (Phi) is 7.80. The third-order valence-electron chi connectivity index (χ3n) is 10.3. The lowest BCUT2D eigenvalue weighted by molar-refractivity contribution is 0.716. The van der Waals surface area contributed by atoms with E-state index in [4.69, 9.17) is 0 Å². The molecule has 0 saturated heterocycles. The zero-order chi connectivity index (χ0) is 33.3. The first-order chi connectivity index (χ1) is 24.8. The molecule has 1 nitrogen and oxygen atoms in total. The number of hydrogen-bond acceptors (Lipinski definition) is 0. The standard InChI is InChI=1S/C49H37N/c1-4-12-36(13-5-1)38-23-20-35(21-24-38)22-30-45(40-27-25-39(26-28-40)37-14-6-2-7-15-37)43-29-31-46-47-32-41-16-10-11-17-42(41)33-49(47)50(48(46)34-43)44-18-8-3-9-19-44/h1-21,23-29,31-34,45H,22,30H2. The summed E-state index contributed by atoms with van der Waals surface area (Å²) in [7, 11) is 0. The molecule has 1 atom stereocenters. The van der Waals surface area contributed by atoms with Gasteiger partial charge in [0.1, 0.15) is 0 Å². The SMILES string of the molecule is c1ccc(-c2ccc(CCC(c3ccc(-c4ccccc4)cc3)c3ccc4c5cc6ccccc6cc5n(-c5ccccc5)c4c3)cc2)cc1. The molecule has 238 valence electrons. The topological polar surface area (TPSA) is 4.93 Å². The van der Waals surface area contributed by atoms with Crippen LogP contribution in [0.25, 0.3) is 60.5 Å². The molecule has 8 aromatic carbocycles. The fourth-order valence-corrected chi connectivity index (χ4v) is 7.66. The van der Waals surface area contributed by atoms with Gasteiger partial charge in [-0.25, -0.2) is 0 Å². The summed E-state index contributed by atoms with van der Waals surface area (Å²) in [6.07, 6.45) is 2.00. The molecule has 0 fully saturated rings. The van der Waals surface area contributed by atoms with E-state index in [2.05, 4.69) is 199 Å². The van der Waals surface area contributed by atoms with Gasteiger partial charge in [-0.1, -0.05) is 164 Å². The highest BCUT2D eigenvalue weighted by atomic mass is 15.0. The van der Waals surface area contributed by atoms with E-state index in [9.17, 15) is 0 Å². The zero-order valence-electron chi connectivity index (χ0n) is 27.9. The summed E-state index contributed by atoms with van der Waals surface area (Å²) in [4.78, 5) is 0. The molecule has 1 heteroatoms. The van der Waals surface area contributed by atoms with Crippen LogP contribution >= 0.6 is 0 Å². The van der Waals surface area contributed by atoms with Gasteiger partial charge in [-0.05, 0) is 92.9 Å². The molecule has 9 aromatic rings. The number of aromatic nitrogens is 1. The Bertz CT molecular complexity index is 2540. The Morgan fingerprint density at radius 1 is 0.380 bits per heavy atom. The van der Waals surface area contributed by atoms with Crippen LogP contribution in [-0.4, -0.2) is 4.57 Å². The number of aryl methyl sites for hydroxylation is 1. The number of benzene rings is 8. The predicted molar refractivity (Wildman–Crippen MR) is 212 cm³/mol. The van der Waals surface area contributed by atoms with E-state index < -0.39 is 0 Å². The van der Waals surface area contributed by atoms with Crippen molar-refractivity contribution in [2.75, 3.05) is 0 Å². The second-order valence-electron chi connectivity index (χ2n) is 13.3. The van der Waals surface area contributed by atoms with Crippen molar-refractivity contribution in [2.45, 2.75) is 18.8 Å². The van der Waals surface area contributed by atoms with Gasteiger partial charge in [-0.15, -0.1) is 0 Å². The van der Waals surface area contributed by atoms with Crippen LogP contribution in [0.15, 0.2) is 194 Å². The first kappa shape index (κ1) is 29.9. The van der Waals surface area contributed by atoms with Crippen molar-refractivity contribution in [3.05, 3.63) is 211 Å². The van der Waals surface area contributed by atoms with Crippen LogP contribution in [0.1, 0.15) is 29.0 Å². The van der Waals surface area contributed by atoms with Crippen molar-refractivity contribution in [1.29, 1.82) is 0 Å². The minimum atomic E-state index is 0.235. The largest absolute Gasteiger partial charge is 0.309 e. The monoisotopic (exact) mass is 639 g/mol. The predicted octanol–water partition coefficient (Wildman–Crippen LogP) is 13.0. The maximum atomic E-state index is 2.46. The smallest absolute Gasteiger partial charge is 0.0547 e. The number of rotatable bonds is 8. The van der Waals surface area contributed by atoms with E-state index in [0.717, 1.165) is 12.8 Å². The lowest BCUT2D eigenvalue weighted by Crippen LogP contribution is -2.04. The van der Waals surface area contributed by atoms with Crippen LogP contribution in [0.2, 0.25) is 0 Å². The van der Waals surface area contributed by atoms with Gasteiger partial charge in [-0.2, -0.15) is 0 Å². The summed E-state index contributed by atoms with van der Waals surface area (Å²) in [5, 5.41) is 5.10. The molecule has 0 aliphatic carbocycles. The van der Waals surface area contributed by atoms with E-state index in [1.165, 1.54) is 77.2 Å². The third kappa shape index (κ3) is 5.67. The number of fused-ring (bicyclic) bond motifs is 4. The number of hydrogen-bond donors (Lipinski definition) is 0. The molecule has 0 N–H and O–H groups in total. The Balaban J connectivity index is 1.15. The molecule has 0 radical (unpaired) electrons. The molecule has 0 aliphatic rings. The number of para-hydroxylation sites is 1. The molecular formula is C49H37N. The lowest BCUT2D eigenvalue weighted by atomic mass is 9.85. The van der Waals surface area contributed by atoms with Crippen molar-refractivity contribution < 1.29 is 0 Å². The molecule has 0 bridgehead atoms. The fraction of sp³-hybridized carbons (Fsp3) is 0.0612. The van der Waals surface area contributed by atoms with Gasteiger partial charge in [0.2, 0.25) is 0 Å². The van der Waals surface area contributed by atoms with Crippen LogP contribution < -0.4 is 0 Å². The van der Waals surface area contributed by atoms with E-state index in [1.54, 1.807) is 0 Å². The third-order valence-corrected chi connectivity index (χ3v) is 10.3. The van der Waals surface area contributed by atoms with Gasteiger partial charge >= 0.3 is 0 Å². The van der Waals surface area contributed by atoms with E-state index in [0.29, 0.717) is 0 Å². The van der Waals surface area contributed by atoms with Gasteiger partial charge in [0.25, 0.3) is 0 Å². The van der Waals surface area contributed by atoms with Crippen LogP contribution in [0.5, 0.6) is 0 Å². The van der Waals surface area contributed by atoms with Gasteiger partial charge in [0.05, 0.1) is 11.0 Å². The minimum Gasteiger partial charge on any atom is -0.309 e. The Hall–Kier alpha value is -6.18. The molecule has 1 unspecified atom stereocenters. The Morgan fingerprint density at radius 3 is 1.52 bits per heavy atom. The van der Waals surface area contributed by atoms with Gasteiger partial charge in [-0.3, -0.25) is 0 Å². The normalized spacial score (nSPS) is 12.1. The average molecular weight is 640 g/mol. The van der Waals surface area contributed by atoms with E-state index in [1.807, 2.05) is 0 Å². The maximum absolute atomic E-state index is 2.46. The Morgan fingerprint density at radius 2 is 0.880 bits per heavy atom. The molecule has 0 amide bonds. The van der Waals surface area contributed by atoms with Crippen molar-refractivity contribution in [1.82, 2.24) is 4.57 Å². The summed E-state index contributed by atoms with van der Waals surface area (Å²) < 4.78 is 2.46. The lowest BCUT2D eigenvalue weighted by Gasteiger charge is -2.20. The summed E-state index contributed by atoms with van der Waals surface area (Å²) in [5.74, 6) is 0.235. The van der Waals surface area contributed by atoms with Gasteiger partial charge in [0, 0.05) is 22.4 Å². The highest BCUT2D eigenvalue weighted by Gasteiger charge is 2.19. The summed E-state index contributed by atoms with van der Waals surface area (Å²) >= 11 is 0.